The van der Waals surface area contributed by atoms with E-state index in [1.807, 2.05) is 26.0 Å². The summed E-state index contributed by atoms with van der Waals surface area (Å²) in [4.78, 5) is 2.21. The van der Waals surface area contributed by atoms with Crippen molar-refractivity contribution in [3.05, 3.63) is 29.8 Å². The van der Waals surface area contributed by atoms with Crippen molar-refractivity contribution in [1.29, 1.82) is 5.26 Å². The molecule has 3 heteroatoms. The van der Waals surface area contributed by atoms with E-state index in [1.165, 1.54) is 11.3 Å². The molecule has 1 rings (SSSR count). The standard InChI is InChI=1S/C15H23N3/c1-5-17-15(3,12-16)10-11-18(4)14-9-7-6-8-13(14)2/h6-9,17H,5,10-11H2,1-4H3. The predicted octanol–water partition coefficient (Wildman–Crippen LogP) is 2.71. The van der Waals surface area contributed by atoms with Crippen molar-refractivity contribution < 1.29 is 0 Å². The Hall–Kier alpha value is -1.53. The van der Waals surface area contributed by atoms with E-state index in [0.29, 0.717) is 0 Å². The molecule has 1 atom stereocenters. The van der Waals surface area contributed by atoms with Gasteiger partial charge in [-0.1, -0.05) is 25.1 Å². The highest BCUT2D eigenvalue weighted by molar-refractivity contribution is 5.52. The van der Waals surface area contributed by atoms with Gasteiger partial charge in [0.1, 0.15) is 5.54 Å². The van der Waals surface area contributed by atoms with E-state index in [0.717, 1.165) is 19.5 Å². The number of hydrogen-bond donors (Lipinski definition) is 1. The number of anilines is 1. The highest BCUT2D eigenvalue weighted by atomic mass is 15.1. The average molecular weight is 245 g/mol. The van der Waals surface area contributed by atoms with Crippen molar-refractivity contribution in [2.24, 2.45) is 0 Å². The summed E-state index contributed by atoms with van der Waals surface area (Å²) < 4.78 is 0. The third-order valence-corrected chi connectivity index (χ3v) is 3.29. The smallest absolute Gasteiger partial charge is 0.105 e. The Morgan fingerprint density at radius 2 is 2.06 bits per heavy atom. The van der Waals surface area contributed by atoms with Gasteiger partial charge in [0, 0.05) is 19.3 Å². The van der Waals surface area contributed by atoms with E-state index in [-0.39, 0.29) is 0 Å². The first kappa shape index (κ1) is 14.5. The zero-order chi connectivity index (χ0) is 13.6. The fourth-order valence-electron chi connectivity index (χ4n) is 2.08. The number of hydrogen-bond acceptors (Lipinski definition) is 3. The molecule has 1 N–H and O–H groups in total. The van der Waals surface area contributed by atoms with Crippen LogP contribution in [-0.2, 0) is 0 Å². The van der Waals surface area contributed by atoms with E-state index in [4.69, 9.17) is 0 Å². The minimum Gasteiger partial charge on any atom is -0.374 e. The van der Waals surface area contributed by atoms with Gasteiger partial charge in [0.25, 0.3) is 0 Å². The second kappa shape index (κ2) is 6.42. The maximum absolute atomic E-state index is 9.22. The summed E-state index contributed by atoms with van der Waals surface area (Å²) in [5.41, 5.74) is 2.06. The van der Waals surface area contributed by atoms with E-state index >= 15 is 0 Å². The molecule has 0 saturated carbocycles. The van der Waals surface area contributed by atoms with Crippen molar-refractivity contribution in [2.45, 2.75) is 32.7 Å². The molecule has 3 nitrogen and oxygen atoms in total. The summed E-state index contributed by atoms with van der Waals surface area (Å²) >= 11 is 0. The number of nitrogens with zero attached hydrogens (tertiary/aromatic N) is 2. The lowest BCUT2D eigenvalue weighted by Gasteiger charge is -2.27. The van der Waals surface area contributed by atoms with E-state index < -0.39 is 5.54 Å². The van der Waals surface area contributed by atoms with Crippen LogP contribution in [0.4, 0.5) is 5.69 Å². The zero-order valence-corrected chi connectivity index (χ0v) is 11.8. The minimum absolute atomic E-state index is 0.439. The van der Waals surface area contributed by atoms with Crippen LogP contribution in [0.3, 0.4) is 0 Å². The Morgan fingerprint density at radius 1 is 1.39 bits per heavy atom. The van der Waals surface area contributed by atoms with Gasteiger partial charge in [0.05, 0.1) is 6.07 Å². The normalized spacial score (nSPS) is 13.7. The van der Waals surface area contributed by atoms with Crippen LogP contribution < -0.4 is 10.2 Å². The molecule has 0 spiro atoms. The van der Waals surface area contributed by atoms with Gasteiger partial charge in [-0.25, -0.2) is 0 Å². The topological polar surface area (TPSA) is 39.1 Å². The average Bonchev–Trinajstić information content (AvgIpc) is 2.37. The Bertz CT molecular complexity index is 422. The summed E-state index contributed by atoms with van der Waals surface area (Å²) in [7, 11) is 2.08. The number of nitriles is 1. The number of aryl methyl sites for hydroxylation is 1. The van der Waals surface area contributed by atoms with E-state index in [1.54, 1.807) is 0 Å². The summed E-state index contributed by atoms with van der Waals surface area (Å²) in [5.74, 6) is 0. The molecule has 0 heterocycles. The molecule has 1 unspecified atom stereocenters. The molecular weight excluding hydrogens is 222 g/mol. The summed E-state index contributed by atoms with van der Waals surface area (Å²) in [6.07, 6.45) is 0.808. The SMILES string of the molecule is CCNC(C)(C#N)CCN(C)c1ccccc1C. The van der Waals surface area contributed by atoms with Crippen molar-refractivity contribution in [3.63, 3.8) is 0 Å². The van der Waals surface area contributed by atoms with Gasteiger partial charge < -0.3 is 4.90 Å². The Labute approximate surface area is 110 Å². The lowest BCUT2D eigenvalue weighted by atomic mass is 9.99. The fraction of sp³-hybridized carbons (Fsp3) is 0.533. The molecule has 0 aliphatic carbocycles. The quantitative estimate of drug-likeness (QED) is 0.837. The molecule has 0 amide bonds. The van der Waals surface area contributed by atoms with Gasteiger partial charge in [-0.05, 0) is 38.4 Å². The molecule has 0 aliphatic rings. The molecule has 98 valence electrons. The zero-order valence-electron chi connectivity index (χ0n) is 11.8. The molecule has 0 aliphatic heterocycles. The largest absolute Gasteiger partial charge is 0.374 e. The summed E-state index contributed by atoms with van der Waals surface area (Å²) in [6, 6.07) is 10.7. The van der Waals surface area contributed by atoms with Crippen LogP contribution in [0.25, 0.3) is 0 Å². The van der Waals surface area contributed by atoms with Crippen LogP contribution in [0.5, 0.6) is 0 Å². The van der Waals surface area contributed by atoms with E-state index in [2.05, 4.69) is 42.4 Å². The predicted molar refractivity (Wildman–Crippen MR) is 76.8 cm³/mol. The third-order valence-electron chi connectivity index (χ3n) is 3.29. The minimum atomic E-state index is -0.439. The summed E-state index contributed by atoms with van der Waals surface area (Å²) in [6.45, 7) is 7.78. The van der Waals surface area contributed by atoms with Crippen LogP contribution in [0.1, 0.15) is 25.8 Å². The van der Waals surface area contributed by atoms with Crippen LogP contribution in [0.2, 0.25) is 0 Å². The Morgan fingerprint density at radius 3 is 2.61 bits per heavy atom. The van der Waals surface area contributed by atoms with Crippen molar-refractivity contribution >= 4 is 5.69 Å². The Balaban J connectivity index is 2.64. The summed E-state index contributed by atoms with van der Waals surface area (Å²) in [5, 5.41) is 12.5. The molecule has 0 fully saturated rings. The van der Waals surface area contributed by atoms with Crippen molar-refractivity contribution in [2.75, 3.05) is 25.0 Å². The maximum Gasteiger partial charge on any atom is 0.105 e. The van der Waals surface area contributed by atoms with Crippen molar-refractivity contribution in [1.82, 2.24) is 5.32 Å². The highest BCUT2D eigenvalue weighted by Gasteiger charge is 2.22. The Kier molecular flexibility index (Phi) is 5.18. The van der Waals surface area contributed by atoms with Crippen LogP contribution in [0, 0.1) is 18.3 Å². The monoisotopic (exact) mass is 245 g/mol. The molecule has 1 aromatic carbocycles. The van der Waals surface area contributed by atoms with E-state index in [9.17, 15) is 5.26 Å². The van der Waals surface area contributed by atoms with Crippen molar-refractivity contribution in [3.8, 4) is 6.07 Å². The fourth-order valence-corrected chi connectivity index (χ4v) is 2.08. The second-order valence-corrected chi connectivity index (χ2v) is 4.93. The van der Waals surface area contributed by atoms with Gasteiger partial charge in [-0.15, -0.1) is 0 Å². The number of rotatable bonds is 6. The van der Waals surface area contributed by atoms with Crippen LogP contribution in [0.15, 0.2) is 24.3 Å². The van der Waals surface area contributed by atoms with Gasteiger partial charge in [0.2, 0.25) is 0 Å². The molecule has 0 bridgehead atoms. The number of nitrogens with one attached hydrogen (secondary N) is 1. The maximum atomic E-state index is 9.22. The van der Waals surface area contributed by atoms with Gasteiger partial charge >= 0.3 is 0 Å². The third kappa shape index (κ3) is 3.75. The molecule has 0 saturated heterocycles. The lowest BCUT2D eigenvalue weighted by Crippen LogP contribution is -2.43. The first-order valence-corrected chi connectivity index (χ1v) is 6.45. The van der Waals surface area contributed by atoms with Crippen LogP contribution in [-0.4, -0.2) is 25.7 Å². The molecule has 18 heavy (non-hydrogen) atoms. The molecular formula is C15H23N3. The number of benzene rings is 1. The number of para-hydroxylation sites is 1. The van der Waals surface area contributed by atoms with Crippen LogP contribution >= 0.6 is 0 Å². The molecule has 1 aromatic rings. The molecule has 0 aromatic heterocycles. The first-order valence-electron chi connectivity index (χ1n) is 6.45. The lowest BCUT2D eigenvalue weighted by molar-refractivity contribution is 0.432. The second-order valence-electron chi connectivity index (χ2n) is 4.93. The molecule has 0 radical (unpaired) electrons. The van der Waals surface area contributed by atoms with Gasteiger partial charge in [0.15, 0.2) is 0 Å². The van der Waals surface area contributed by atoms with Gasteiger partial charge in [-0.2, -0.15) is 5.26 Å². The van der Waals surface area contributed by atoms with Gasteiger partial charge in [-0.3, -0.25) is 5.32 Å². The first-order chi connectivity index (χ1) is 8.52. The highest BCUT2D eigenvalue weighted by Crippen LogP contribution is 2.19.